The van der Waals surface area contributed by atoms with Gasteiger partial charge in [-0.05, 0) is 48.8 Å². The van der Waals surface area contributed by atoms with Crippen molar-refractivity contribution in [3.05, 3.63) is 35.4 Å². The van der Waals surface area contributed by atoms with Gasteiger partial charge in [-0.1, -0.05) is 6.42 Å². The Hall–Kier alpha value is -1.43. The summed E-state index contributed by atoms with van der Waals surface area (Å²) in [5, 5.41) is 9.33. The molecule has 0 aliphatic heterocycles. The average molecular weight is 233 g/mol. The first-order valence-corrected chi connectivity index (χ1v) is 5.95. The highest BCUT2D eigenvalue weighted by molar-refractivity contribution is 5.39. The maximum Gasteiger partial charge on any atom is 0.126 e. The molecule has 1 spiro atoms. The summed E-state index contributed by atoms with van der Waals surface area (Å²) in [4.78, 5) is 0. The molecule has 0 heterocycles. The van der Waals surface area contributed by atoms with Crippen LogP contribution in [0.25, 0.3) is 0 Å². The van der Waals surface area contributed by atoms with Crippen LogP contribution in [0.15, 0.2) is 18.2 Å². The van der Waals surface area contributed by atoms with Crippen LogP contribution in [0.5, 0.6) is 0 Å². The second-order valence-electron chi connectivity index (χ2n) is 5.56. The minimum absolute atomic E-state index is 0.304. The van der Waals surface area contributed by atoms with Crippen molar-refractivity contribution < 1.29 is 8.78 Å². The van der Waals surface area contributed by atoms with Crippen LogP contribution in [-0.2, 0) is 5.41 Å². The molecule has 17 heavy (non-hydrogen) atoms. The lowest BCUT2D eigenvalue weighted by atomic mass is 9.44. The Bertz CT molecular complexity index is 483. The molecule has 88 valence electrons. The fourth-order valence-electron chi connectivity index (χ4n) is 3.44. The number of nitriles is 1. The van der Waals surface area contributed by atoms with E-state index in [0.29, 0.717) is 11.0 Å². The SMILES string of the molecule is N#CC1(c2cc(F)cc(F)c2)CC2(CCC2)C1. The molecule has 1 aromatic carbocycles. The number of benzene rings is 1. The number of halogens is 2. The highest BCUT2D eigenvalue weighted by atomic mass is 19.1. The van der Waals surface area contributed by atoms with Gasteiger partial charge in [-0.2, -0.15) is 5.26 Å². The molecule has 0 aromatic heterocycles. The van der Waals surface area contributed by atoms with Gasteiger partial charge in [-0.25, -0.2) is 8.78 Å². The van der Waals surface area contributed by atoms with Crippen molar-refractivity contribution >= 4 is 0 Å². The van der Waals surface area contributed by atoms with Crippen molar-refractivity contribution in [3.8, 4) is 6.07 Å². The Labute approximate surface area is 99.1 Å². The molecule has 0 bridgehead atoms. The zero-order chi connectivity index (χ0) is 12.1. The molecule has 2 saturated carbocycles. The van der Waals surface area contributed by atoms with Gasteiger partial charge in [0.15, 0.2) is 0 Å². The van der Waals surface area contributed by atoms with E-state index in [-0.39, 0.29) is 0 Å². The van der Waals surface area contributed by atoms with Crippen molar-refractivity contribution in [3.63, 3.8) is 0 Å². The lowest BCUT2D eigenvalue weighted by molar-refractivity contribution is -0.0229. The molecule has 0 unspecified atom stereocenters. The Balaban J connectivity index is 1.94. The zero-order valence-electron chi connectivity index (χ0n) is 9.47. The van der Waals surface area contributed by atoms with Gasteiger partial charge in [0, 0.05) is 6.07 Å². The summed E-state index contributed by atoms with van der Waals surface area (Å²) in [6.07, 6.45) is 5.07. The van der Waals surface area contributed by atoms with Crippen LogP contribution in [0.4, 0.5) is 8.78 Å². The van der Waals surface area contributed by atoms with Gasteiger partial charge in [-0.3, -0.25) is 0 Å². The second kappa shape index (κ2) is 3.29. The lowest BCUT2D eigenvalue weighted by Gasteiger charge is -2.58. The highest BCUT2D eigenvalue weighted by Gasteiger charge is 2.58. The van der Waals surface area contributed by atoms with Crippen molar-refractivity contribution in [2.24, 2.45) is 5.41 Å². The molecule has 0 N–H and O–H groups in total. The minimum atomic E-state index is -0.649. The Morgan fingerprint density at radius 3 is 2.06 bits per heavy atom. The van der Waals surface area contributed by atoms with E-state index in [4.69, 9.17) is 0 Å². The summed E-state index contributed by atoms with van der Waals surface area (Å²) in [6.45, 7) is 0. The van der Waals surface area contributed by atoms with Gasteiger partial charge in [0.05, 0.1) is 11.5 Å². The van der Waals surface area contributed by atoms with Gasteiger partial charge >= 0.3 is 0 Å². The lowest BCUT2D eigenvalue weighted by Crippen LogP contribution is -2.52. The molecule has 2 fully saturated rings. The van der Waals surface area contributed by atoms with Gasteiger partial charge in [0.25, 0.3) is 0 Å². The van der Waals surface area contributed by atoms with E-state index in [9.17, 15) is 14.0 Å². The molecule has 1 aromatic rings. The number of nitrogens with zero attached hydrogens (tertiary/aromatic N) is 1. The molecule has 3 rings (SSSR count). The highest BCUT2D eigenvalue weighted by Crippen LogP contribution is 2.64. The van der Waals surface area contributed by atoms with E-state index in [1.165, 1.54) is 18.6 Å². The summed E-state index contributed by atoms with van der Waals surface area (Å²) in [5.74, 6) is -1.19. The molecule has 3 heteroatoms. The van der Waals surface area contributed by atoms with Crippen LogP contribution >= 0.6 is 0 Å². The van der Waals surface area contributed by atoms with E-state index in [2.05, 4.69) is 6.07 Å². The smallest absolute Gasteiger partial charge is 0.126 e. The van der Waals surface area contributed by atoms with Crippen LogP contribution < -0.4 is 0 Å². The summed E-state index contributed by atoms with van der Waals surface area (Å²) in [5.41, 5.74) is 0.164. The molecule has 0 atom stereocenters. The summed E-state index contributed by atoms with van der Waals surface area (Å²) < 4.78 is 26.4. The molecule has 0 amide bonds. The van der Waals surface area contributed by atoms with E-state index in [1.807, 2.05) is 0 Å². The summed E-state index contributed by atoms with van der Waals surface area (Å²) in [6, 6.07) is 5.74. The Morgan fingerprint density at radius 1 is 1.06 bits per heavy atom. The van der Waals surface area contributed by atoms with Crippen molar-refractivity contribution in [1.29, 1.82) is 5.26 Å². The normalized spacial score (nSPS) is 23.6. The Morgan fingerprint density at radius 2 is 1.65 bits per heavy atom. The van der Waals surface area contributed by atoms with Gasteiger partial charge < -0.3 is 0 Å². The van der Waals surface area contributed by atoms with Crippen LogP contribution in [0.2, 0.25) is 0 Å². The third-order valence-electron chi connectivity index (χ3n) is 4.40. The molecule has 2 aliphatic rings. The first kappa shape index (κ1) is 10.7. The summed E-state index contributed by atoms with van der Waals surface area (Å²) >= 11 is 0. The van der Waals surface area contributed by atoms with E-state index in [0.717, 1.165) is 31.7 Å². The molecule has 2 aliphatic carbocycles. The molecular formula is C14H13F2N. The van der Waals surface area contributed by atoms with Crippen LogP contribution in [0.3, 0.4) is 0 Å². The summed E-state index contributed by atoms with van der Waals surface area (Å²) in [7, 11) is 0. The average Bonchev–Trinajstić information content (AvgIpc) is 2.13. The second-order valence-corrected chi connectivity index (χ2v) is 5.56. The van der Waals surface area contributed by atoms with Crippen LogP contribution in [0, 0.1) is 28.4 Å². The fraction of sp³-hybridized carbons (Fsp3) is 0.500. The molecule has 0 radical (unpaired) electrons. The molecular weight excluding hydrogens is 220 g/mol. The number of hydrogen-bond donors (Lipinski definition) is 0. The first-order valence-electron chi connectivity index (χ1n) is 5.95. The van der Waals surface area contributed by atoms with Crippen LogP contribution in [-0.4, -0.2) is 0 Å². The van der Waals surface area contributed by atoms with Gasteiger partial charge in [0.1, 0.15) is 11.6 Å². The fourth-order valence-corrected chi connectivity index (χ4v) is 3.44. The molecule has 0 saturated heterocycles. The first-order chi connectivity index (χ1) is 8.07. The maximum absolute atomic E-state index is 13.2. The zero-order valence-corrected chi connectivity index (χ0v) is 9.47. The monoisotopic (exact) mass is 233 g/mol. The largest absolute Gasteiger partial charge is 0.207 e. The van der Waals surface area contributed by atoms with E-state index in [1.54, 1.807) is 0 Å². The predicted molar refractivity (Wildman–Crippen MR) is 59.2 cm³/mol. The quantitative estimate of drug-likeness (QED) is 0.725. The maximum atomic E-state index is 13.2. The minimum Gasteiger partial charge on any atom is -0.207 e. The third-order valence-corrected chi connectivity index (χ3v) is 4.40. The number of rotatable bonds is 1. The van der Waals surface area contributed by atoms with Gasteiger partial charge in [-0.15, -0.1) is 0 Å². The standard InChI is InChI=1S/C14H13F2N/c15-11-4-10(5-12(16)6-11)14(9-17)7-13(8-14)2-1-3-13/h4-6H,1-3,7-8H2. The predicted octanol–water partition coefficient (Wildman–Crippen LogP) is 3.69. The number of hydrogen-bond acceptors (Lipinski definition) is 1. The topological polar surface area (TPSA) is 23.8 Å². The van der Waals surface area contributed by atoms with E-state index < -0.39 is 17.0 Å². The third kappa shape index (κ3) is 1.47. The van der Waals surface area contributed by atoms with E-state index >= 15 is 0 Å². The van der Waals surface area contributed by atoms with Gasteiger partial charge in [0.2, 0.25) is 0 Å². The van der Waals surface area contributed by atoms with Crippen LogP contribution in [0.1, 0.15) is 37.7 Å². The Kier molecular flexibility index (Phi) is 2.07. The van der Waals surface area contributed by atoms with Crippen molar-refractivity contribution in [1.82, 2.24) is 0 Å². The molecule has 1 nitrogen and oxygen atoms in total. The van der Waals surface area contributed by atoms with Crippen molar-refractivity contribution in [2.75, 3.05) is 0 Å². The van der Waals surface area contributed by atoms with Crippen molar-refractivity contribution in [2.45, 2.75) is 37.5 Å².